The van der Waals surface area contributed by atoms with Gasteiger partial charge in [0, 0.05) is 24.5 Å². The summed E-state index contributed by atoms with van der Waals surface area (Å²) >= 11 is 1.67. The second-order valence-corrected chi connectivity index (χ2v) is 5.31. The van der Waals surface area contributed by atoms with Crippen molar-refractivity contribution < 1.29 is 4.52 Å². The fourth-order valence-electron chi connectivity index (χ4n) is 2.08. The minimum Gasteiger partial charge on any atom is -0.340 e. The molecule has 0 saturated carbocycles. The fraction of sp³-hybridized carbons (Fsp3) is 0.417. The van der Waals surface area contributed by atoms with Crippen LogP contribution in [0.5, 0.6) is 0 Å². The molecule has 0 aromatic carbocycles. The van der Waals surface area contributed by atoms with Crippen LogP contribution in [0.3, 0.4) is 0 Å². The smallest absolute Gasteiger partial charge is 0.223 e. The van der Waals surface area contributed by atoms with Crippen molar-refractivity contribution in [1.29, 1.82) is 0 Å². The highest BCUT2D eigenvalue weighted by atomic mass is 32.1. The molecule has 0 aliphatic heterocycles. The summed E-state index contributed by atoms with van der Waals surface area (Å²) in [5.41, 5.74) is 3.47. The summed E-state index contributed by atoms with van der Waals surface area (Å²) in [4.78, 5) is 9.76. The Bertz CT molecular complexity index is 711. The third-order valence-corrected chi connectivity index (χ3v) is 3.92. The second kappa shape index (κ2) is 4.75. The van der Waals surface area contributed by atoms with Crippen LogP contribution in [0, 0.1) is 20.8 Å². The highest BCUT2D eigenvalue weighted by Gasteiger charge is 2.12. The zero-order valence-electron chi connectivity index (χ0n) is 11.1. The van der Waals surface area contributed by atoms with E-state index >= 15 is 0 Å². The molecule has 0 unspecified atom stereocenters. The Labute approximate surface area is 114 Å². The molecule has 3 rings (SSSR count). The van der Waals surface area contributed by atoms with Crippen molar-refractivity contribution in [3.8, 4) is 0 Å². The van der Waals surface area contributed by atoms with Gasteiger partial charge in [0.25, 0.3) is 0 Å². The molecule has 7 heteroatoms. The normalized spacial score (nSPS) is 11.5. The van der Waals surface area contributed by atoms with Crippen LogP contribution < -0.4 is 5.32 Å². The van der Waals surface area contributed by atoms with Crippen LogP contribution in [-0.4, -0.2) is 19.5 Å². The maximum Gasteiger partial charge on any atom is 0.223 e. The molecular weight excluding hydrogens is 262 g/mol. The van der Waals surface area contributed by atoms with Gasteiger partial charge in [0.1, 0.15) is 0 Å². The first kappa shape index (κ1) is 12.3. The van der Waals surface area contributed by atoms with E-state index in [2.05, 4.69) is 37.1 Å². The standard InChI is InChI=1S/C12H15N5OS/c1-7-6-19-12-14-8(2)10(17(7)12)4-13-5-11-15-9(3)18-16-11/h6,13H,4-5H2,1-3H3. The van der Waals surface area contributed by atoms with Crippen LogP contribution in [0.4, 0.5) is 0 Å². The molecule has 3 heterocycles. The van der Waals surface area contributed by atoms with Gasteiger partial charge in [-0.05, 0) is 13.8 Å². The van der Waals surface area contributed by atoms with Crippen molar-refractivity contribution in [1.82, 2.24) is 24.8 Å². The molecule has 19 heavy (non-hydrogen) atoms. The van der Waals surface area contributed by atoms with Gasteiger partial charge < -0.3 is 9.84 Å². The summed E-state index contributed by atoms with van der Waals surface area (Å²) in [6.07, 6.45) is 0. The van der Waals surface area contributed by atoms with Crippen LogP contribution >= 0.6 is 11.3 Å². The Kier molecular flexibility index (Phi) is 3.08. The van der Waals surface area contributed by atoms with Crippen LogP contribution in [0.25, 0.3) is 4.96 Å². The molecule has 0 saturated heterocycles. The molecule has 0 fully saturated rings. The van der Waals surface area contributed by atoms with Crippen molar-refractivity contribution in [3.63, 3.8) is 0 Å². The Morgan fingerprint density at radius 1 is 1.26 bits per heavy atom. The van der Waals surface area contributed by atoms with Crippen molar-refractivity contribution in [3.05, 3.63) is 34.2 Å². The maximum atomic E-state index is 4.94. The van der Waals surface area contributed by atoms with E-state index in [1.807, 2.05) is 6.92 Å². The fourth-order valence-corrected chi connectivity index (χ4v) is 3.01. The van der Waals surface area contributed by atoms with Gasteiger partial charge in [0.2, 0.25) is 5.89 Å². The van der Waals surface area contributed by atoms with E-state index in [1.165, 1.54) is 11.4 Å². The quantitative estimate of drug-likeness (QED) is 0.790. The lowest BCUT2D eigenvalue weighted by Crippen LogP contribution is -2.16. The summed E-state index contributed by atoms with van der Waals surface area (Å²) < 4.78 is 7.12. The van der Waals surface area contributed by atoms with E-state index in [9.17, 15) is 0 Å². The van der Waals surface area contributed by atoms with Gasteiger partial charge in [-0.3, -0.25) is 4.40 Å². The number of hydrogen-bond acceptors (Lipinski definition) is 6. The van der Waals surface area contributed by atoms with E-state index < -0.39 is 0 Å². The minimum absolute atomic E-state index is 0.590. The first-order valence-electron chi connectivity index (χ1n) is 6.07. The Morgan fingerprint density at radius 3 is 2.84 bits per heavy atom. The Balaban J connectivity index is 1.74. The summed E-state index contributed by atoms with van der Waals surface area (Å²) in [5, 5.41) is 9.30. The minimum atomic E-state index is 0.590. The monoisotopic (exact) mass is 277 g/mol. The number of fused-ring (bicyclic) bond motifs is 1. The summed E-state index contributed by atoms with van der Waals surface area (Å²) in [5.74, 6) is 1.27. The summed E-state index contributed by atoms with van der Waals surface area (Å²) in [6.45, 7) is 7.24. The van der Waals surface area contributed by atoms with Gasteiger partial charge in [-0.2, -0.15) is 4.98 Å². The lowest BCUT2D eigenvalue weighted by atomic mass is 10.3. The lowest BCUT2D eigenvalue weighted by Gasteiger charge is -2.03. The average molecular weight is 277 g/mol. The molecule has 0 bridgehead atoms. The second-order valence-electron chi connectivity index (χ2n) is 4.47. The molecule has 100 valence electrons. The number of rotatable bonds is 4. The van der Waals surface area contributed by atoms with E-state index in [0.717, 1.165) is 17.2 Å². The molecule has 3 aromatic heterocycles. The molecule has 0 amide bonds. The zero-order chi connectivity index (χ0) is 13.4. The third-order valence-electron chi connectivity index (χ3n) is 2.97. The molecule has 0 radical (unpaired) electrons. The number of imidazole rings is 1. The molecular formula is C12H15N5OS. The first-order valence-corrected chi connectivity index (χ1v) is 6.95. The molecule has 0 aliphatic carbocycles. The first-order chi connectivity index (χ1) is 9.15. The van der Waals surface area contributed by atoms with E-state index in [0.29, 0.717) is 18.3 Å². The highest BCUT2D eigenvalue weighted by molar-refractivity contribution is 7.15. The van der Waals surface area contributed by atoms with Crippen molar-refractivity contribution in [2.75, 3.05) is 0 Å². The SMILES string of the molecule is Cc1nc(CNCc2c(C)nc3scc(C)n23)no1. The predicted molar refractivity (Wildman–Crippen MR) is 72.1 cm³/mol. The van der Waals surface area contributed by atoms with Gasteiger partial charge in [-0.15, -0.1) is 11.3 Å². The van der Waals surface area contributed by atoms with Gasteiger partial charge >= 0.3 is 0 Å². The Morgan fingerprint density at radius 2 is 2.11 bits per heavy atom. The van der Waals surface area contributed by atoms with Gasteiger partial charge in [0.05, 0.1) is 17.9 Å². The molecule has 6 nitrogen and oxygen atoms in total. The third kappa shape index (κ3) is 2.26. The lowest BCUT2D eigenvalue weighted by molar-refractivity contribution is 0.385. The largest absolute Gasteiger partial charge is 0.340 e. The number of nitrogens with zero attached hydrogens (tertiary/aromatic N) is 4. The zero-order valence-corrected chi connectivity index (χ0v) is 11.9. The highest BCUT2D eigenvalue weighted by Crippen LogP contribution is 2.20. The summed E-state index contributed by atoms with van der Waals surface area (Å²) in [6, 6.07) is 0. The van der Waals surface area contributed by atoms with Gasteiger partial charge in [0.15, 0.2) is 10.8 Å². The van der Waals surface area contributed by atoms with Crippen LogP contribution in [-0.2, 0) is 13.1 Å². The number of thiazole rings is 1. The Hall–Kier alpha value is -1.73. The number of nitrogens with one attached hydrogen (secondary N) is 1. The van der Waals surface area contributed by atoms with E-state index in [-0.39, 0.29) is 0 Å². The number of aromatic nitrogens is 4. The van der Waals surface area contributed by atoms with Crippen LogP contribution in [0.2, 0.25) is 0 Å². The number of aryl methyl sites for hydroxylation is 3. The van der Waals surface area contributed by atoms with Crippen LogP contribution in [0.15, 0.2) is 9.90 Å². The molecule has 3 aromatic rings. The van der Waals surface area contributed by atoms with Crippen molar-refractivity contribution in [2.45, 2.75) is 33.9 Å². The molecule has 1 N–H and O–H groups in total. The molecule has 0 aliphatic rings. The number of hydrogen-bond donors (Lipinski definition) is 1. The topological polar surface area (TPSA) is 68.2 Å². The van der Waals surface area contributed by atoms with E-state index in [4.69, 9.17) is 4.52 Å². The molecule has 0 atom stereocenters. The van der Waals surface area contributed by atoms with Crippen molar-refractivity contribution >= 4 is 16.3 Å². The maximum absolute atomic E-state index is 4.94. The average Bonchev–Trinajstić information content (AvgIpc) is 3.01. The van der Waals surface area contributed by atoms with Crippen molar-refractivity contribution in [2.24, 2.45) is 0 Å². The molecule has 0 spiro atoms. The van der Waals surface area contributed by atoms with Crippen LogP contribution in [0.1, 0.15) is 28.8 Å². The predicted octanol–water partition coefficient (Wildman–Crippen LogP) is 1.99. The van der Waals surface area contributed by atoms with Gasteiger partial charge in [-0.1, -0.05) is 5.16 Å². The van der Waals surface area contributed by atoms with E-state index in [1.54, 1.807) is 18.3 Å². The summed E-state index contributed by atoms with van der Waals surface area (Å²) in [7, 11) is 0. The van der Waals surface area contributed by atoms with Gasteiger partial charge in [-0.25, -0.2) is 4.98 Å².